The maximum absolute atomic E-state index is 13.2. The van der Waals surface area contributed by atoms with Crippen molar-refractivity contribution in [3.8, 4) is 0 Å². The molecule has 0 radical (unpaired) electrons. The molecule has 0 fully saturated rings. The van der Waals surface area contributed by atoms with Gasteiger partial charge in [-0.05, 0) is 65.7 Å². The molecule has 148 valence electrons. The highest BCUT2D eigenvalue weighted by atomic mass is 32.2. The van der Waals surface area contributed by atoms with Gasteiger partial charge in [0.25, 0.3) is 0 Å². The number of hydrogen-bond acceptors (Lipinski definition) is 4. The van der Waals surface area contributed by atoms with Crippen molar-refractivity contribution in [1.29, 1.82) is 0 Å². The number of sulfonamides is 1. The predicted octanol–water partition coefficient (Wildman–Crippen LogP) is 3.35. The molecular weight excluding hydrogens is 393 g/mol. The number of anilines is 1. The van der Waals surface area contributed by atoms with Gasteiger partial charge in [0.1, 0.15) is 5.82 Å². The van der Waals surface area contributed by atoms with Gasteiger partial charge in [0.05, 0.1) is 4.90 Å². The van der Waals surface area contributed by atoms with Crippen LogP contribution in [0.3, 0.4) is 0 Å². The largest absolute Gasteiger partial charge is 0.323 e. The highest BCUT2D eigenvalue weighted by Crippen LogP contribution is 2.15. The molecule has 0 saturated heterocycles. The first-order valence-corrected chi connectivity index (χ1v) is 10.1. The standard InChI is InChI=1S/C21H18FN3O3S/c22-18-3-1-2-17(14-18)15-24-29(27,28)20-7-5-19(6-8-20)25-21(26)9-4-16-10-12-23-13-11-16/h1-14,24H,15H2,(H,25,26)/b9-4+. The monoisotopic (exact) mass is 411 g/mol. The fraction of sp³-hybridized carbons (Fsp3) is 0.0476. The molecule has 1 aromatic heterocycles. The van der Waals surface area contributed by atoms with E-state index >= 15 is 0 Å². The molecule has 2 N–H and O–H groups in total. The number of amides is 1. The quantitative estimate of drug-likeness (QED) is 0.584. The molecular formula is C21H18FN3O3S. The Balaban J connectivity index is 1.60. The van der Waals surface area contributed by atoms with Gasteiger partial charge in [-0.2, -0.15) is 0 Å². The van der Waals surface area contributed by atoms with E-state index in [1.54, 1.807) is 36.7 Å². The molecule has 0 unspecified atom stereocenters. The minimum atomic E-state index is -3.77. The van der Waals surface area contributed by atoms with E-state index in [0.717, 1.165) is 5.56 Å². The lowest BCUT2D eigenvalue weighted by Gasteiger charge is -2.08. The smallest absolute Gasteiger partial charge is 0.248 e. The van der Waals surface area contributed by atoms with Crippen LogP contribution in [0.2, 0.25) is 0 Å². The fourth-order valence-corrected chi connectivity index (χ4v) is 3.47. The van der Waals surface area contributed by atoms with Crippen LogP contribution in [0.5, 0.6) is 0 Å². The summed E-state index contributed by atoms with van der Waals surface area (Å²) in [4.78, 5) is 15.9. The van der Waals surface area contributed by atoms with Gasteiger partial charge >= 0.3 is 0 Å². The third-order valence-electron chi connectivity index (χ3n) is 3.92. The van der Waals surface area contributed by atoms with Gasteiger partial charge in [-0.3, -0.25) is 9.78 Å². The average molecular weight is 411 g/mol. The summed E-state index contributed by atoms with van der Waals surface area (Å²) >= 11 is 0. The maximum atomic E-state index is 13.2. The van der Waals surface area contributed by atoms with Crippen molar-refractivity contribution >= 4 is 27.7 Å². The molecule has 0 aliphatic heterocycles. The molecule has 3 aromatic rings. The third kappa shape index (κ3) is 6.06. The van der Waals surface area contributed by atoms with E-state index < -0.39 is 15.8 Å². The average Bonchev–Trinajstić information content (AvgIpc) is 2.72. The SMILES string of the molecule is O=C(/C=C/c1ccncc1)Nc1ccc(S(=O)(=O)NCc2cccc(F)c2)cc1. The number of aromatic nitrogens is 1. The van der Waals surface area contributed by atoms with E-state index in [1.807, 2.05) is 0 Å². The predicted molar refractivity (Wildman–Crippen MR) is 109 cm³/mol. The van der Waals surface area contributed by atoms with Crippen LogP contribution in [-0.2, 0) is 21.4 Å². The highest BCUT2D eigenvalue weighted by molar-refractivity contribution is 7.89. The number of nitrogens with zero attached hydrogens (tertiary/aromatic N) is 1. The van der Waals surface area contributed by atoms with Crippen LogP contribution in [0.15, 0.2) is 84.0 Å². The summed E-state index contributed by atoms with van der Waals surface area (Å²) in [5.41, 5.74) is 1.80. The van der Waals surface area contributed by atoms with E-state index in [2.05, 4.69) is 15.0 Å². The molecule has 0 atom stereocenters. The van der Waals surface area contributed by atoms with Crippen molar-refractivity contribution in [2.75, 3.05) is 5.32 Å². The Bertz CT molecular complexity index is 1120. The van der Waals surface area contributed by atoms with Gasteiger partial charge in [0, 0.05) is 30.7 Å². The van der Waals surface area contributed by atoms with Crippen LogP contribution in [0, 0.1) is 5.82 Å². The lowest BCUT2D eigenvalue weighted by molar-refractivity contribution is -0.111. The second-order valence-electron chi connectivity index (χ2n) is 6.08. The van der Waals surface area contributed by atoms with Crippen molar-refractivity contribution < 1.29 is 17.6 Å². The number of carbonyl (C=O) groups excluding carboxylic acids is 1. The molecule has 0 aliphatic rings. The molecule has 0 spiro atoms. The van der Waals surface area contributed by atoms with Gasteiger partial charge in [0.15, 0.2) is 0 Å². The van der Waals surface area contributed by atoms with Crippen molar-refractivity contribution in [2.45, 2.75) is 11.4 Å². The molecule has 3 rings (SSSR count). The summed E-state index contributed by atoms with van der Waals surface area (Å²) in [5, 5.41) is 2.66. The minimum Gasteiger partial charge on any atom is -0.323 e. The summed E-state index contributed by atoms with van der Waals surface area (Å²) in [6.07, 6.45) is 6.27. The summed E-state index contributed by atoms with van der Waals surface area (Å²) < 4.78 is 40.4. The Morgan fingerprint density at radius 1 is 1.03 bits per heavy atom. The molecule has 1 amide bonds. The molecule has 1 heterocycles. The second kappa shape index (κ2) is 9.22. The molecule has 0 bridgehead atoms. The van der Waals surface area contributed by atoms with Gasteiger partial charge in [-0.1, -0.05) is 12.1 Å². The Labute approximate surface area is 168 Å². The van der Waals surface area contributed by atoms with Crippen LogP contribution in [-0.4, -0.2) is 19.3 Å². The highest BCUT2D eigenvalue weighted by Gasteiger charge is 2.14. The molecule has 2 aromatic carbocycles. The Morgan fingerprint density at radius 3 is 2.45 bits per heavy atom. The van der Waals surface area contributed by atoms with Crippen molar-refractivity contribution in [2.24, 2.45) is 0 Å². The zero-order valence-corrected chi connectivity index (χ0v) is 16.1. The van der Waals surface area contributed by atoms with E-state index in [4.69, 9.17) is 0 Å². The van der Waals surface area contributed by atoms with Crippen molar-refractivity contribution in [1.82, 2.24) is 9.71 Å². The normalized spacial score (nSPS) is 11.5. The number of rotatable bonds is 7. The summed E-state index contributed by atoms with van der Waals surface area (Å²) in [6, 6.07) is 15.0. The number of hydrogen-bond donors (Lipinski definition) is 2. The summed E-state index contributed by atoms with van der Waals surface area (Å²) in [5.74, 6) is -0.776. The van der Waals surface area contributed by atoms with Crippen LogP contribution in [0.1, 0.15) is 11.1 Å². The van der Waals surface area contributed by atoms with Crippen LogP contribution in [0.25, 0.3) is 6.08 Å². The summed E-state index contributed by atoms with van der Waals surface area (Å²) in [7, 11) is -3.77. The summed E-state index contributed by atoms with van der Waals surface area (Å²) in [6.45, 7) is -0.0294. The van der Waals surface area contributed by atoms with E-state index in [1.165, 1.54) is 48.5 Å². The van der Waals surface area contributed by atoms with E-state index in [9.17, 15) is 17.6 Å². The molecule has 0 saturated carbocycles. The molecule has 0 aliphatic carbocycles. The number of carbonyl (C=O) groups is 1. The molecule has 8 heteroatoms. The van der Waals surface area contributed by atoms with Crippen molar-refractivity contribution in [3.05, 3.63) is 96.1 Å². The number of nitrogens with one attached hydrogen (secondary N) is 2. The zero-order chi connectivity index (χ0) is 20.7. The Morgan fingerprint density at radius 2 is 1.76 bits per heavy atom. The first-order valence-electron chi connectivity index (χ1n) is 8.66. The van der Waals surface area contributed by atoms with E-state index in [0.29, 0.717) is 11.3 Å². The van der Waals surface area contributed by atoms with Gasteiger partial charge in [0.2, 0.25) is 15.9 Å². The molecule has 29 heavy (non-hydrogen) atoms. The number of pyridine rings is 1. The molecule has 6 nitrogen and oxygen atoms in total. The van der Waals surface area contributed by atoms with Gasteiger partial charge < -0.3 is 5.32 Å². The van der Waals surface area contributed by atoms with Crippen LogP contribution < -0.4 is 10.0 Å². The fourth-order valence-electron chi connectivity index (χ4n) is 2.46. The van der Waals surface area contributed by atoms with E-state index in [-0.39, 0.29) is 17.3 Å². The minimum absolute atomic E-state index is 0.0294. The van der Waals surface area contributed by atoms with Crippen LogP contribution in [0.4, 0.5) is 10.1 Å². The third-order valence-corrected chi connectivity index (χ3v) is 5.34. The first kappa shape index (κ1) is 20.4. The maximum Gasteiger partial charge on any atom is 0.248 e. The lowest BCUT2D eigenvalue weighted by atomic mass is 10.2. The zero-order valence-electron chi connectivity index (χ0n) is 15.2. The Kier molecular flexibility index (Phi) is 6.48. The van der Waals surface area contributed by atoms with Gasteiger partial charge in [-0.15, -0.1) is 0 Å². The number of halogens is 1. The van der Waals surface area contributed by atoms with Crippen molar-refractivity contribution in [3.63, 3.8) is 0 Å². The first-order chi connectivity index (χ1) is 13.9. The van der Waals surface area contributed by atoms with Gasteiger partial charge in [-0.25, -0.2) is 17.5 Å². The topological polar surface area (TPSA) is 88.2 Å². The second-order valence-corrected chi connectivity index (χ2v) is 7.85. The van der Waals surface area contributed by atoms with Crippen LogP contribution >= 0.6 is 0 Å². The number of benzene rings is 2. The lowest BCUT2D eigenvalue weighted by Crippen LogP contribution is -2.23. The Hall–Kier alpha value is -3.36.